The molecule has 0 aliphatic carbocycles. The van der Waals surface area contributed by atoms with Gasteiger partial charge in [-0.2, -0.15) is 4.72 Å². The maximum atomic E-state index is 11.9. The van der Waals surface area contributed by atoms with Gasteiger partial charge < -0.3 is 9.47 Å². The number of esters is 2. The van der Waals surface area contributed by atoms with Crippen LogP contribution in [0.4, 0.5) is 0 Å². The van der Waals surface area contributed by atoms with Crippen LogP contribution < -0.4 is 4.72 Å². The summed E-state index contributed by atoms with van der Waals surface area (Å²) in [6.07, 6.45) is -0.656. The molecule has 7 nitrogen and oxygen atoms in total. The molecule has 0 spiro atoms. The molecule has 0 bridgehead atoms. The number of rotatable bonds is 5. The molecule has 1 aromatic rings. The van der Waals surface area contributed by atoms with Crippen molar-refractivity contribution in [3.05, 3.63) is 29.8 Å². The maximum absolute atomic E-state index is 11.9. The average Bonchev–Trinajstić information content (AvgIpc) is 2.83. The fourth-order valence-electron chi connectivity index (χ4n) is 1.74. The molecular weight excluding hydrogens is 298 g/mol. The van der Waals surface area contributed by atoms with E-state index < -0.39 is 34.6 Å². The highest BCUT2D eigenvalue weighted by atomic mass is 32.2. The first-order chi connectivity index (χ1) is 9.88. The highest BCUT2D eigenvalue weighted by molar-refractivity contribution is 7.89. The molecule has 1 aliphatic heterocycles. The highest BCUT2D eigenvalue weighted by Gasteiger charge is 2.30. The molecular formula is C13H15NO6S. The van der Waals surface area contributed by atoms with Crippen molar-refractivity contribution in [2.24, 2.45) is 0 Å². The maximum Gasteiger partial charge on any atom is 0.347 e. The summed E-state index contributed by atoms with van der Waals surface area (Å²) >= 11 is 0. The molecule has 1 N–H and O–H groups in total. The van der Waals surface area contributed by atoms with Gasteiger partial charge in [0.15, 0.2) is 0 Å². The first-order valence-electron chi connectivity index (χ1n) is 6.31. The fraction of sp³-hybridized carbons (Fsp3) is 0.385. The Hall–Kier alpha value is -1.93. The zero-order chi connectivity index (χ0) is 15.5. The predicted molar refractivity (Wildman–Crippen MR) is 71.8 cm³/mol. The van der Waals surface area contributed by atoms with Crippen LogP contribution in [0, 0.1) is 6.92 Å². The van der Waals surface area contributed by atoms with E-state index in [0.29, 0.717) is 0 Å². The second-order valence-electron chi connectivity index (χ2n) is 4.57. The number of carbonyl (C=O) groups is 2. The number of benzene rings is 1. The third-order valence-electron chi connectivity index (χ3n) is 2.90. The van der Waals surface area contributed by atoms with Crippen LogP contribution in [-0.4, -0.2) is 39.6 Å². The van der Waals surface area contributed by atoms with Crippen molar-refractivity contribution in [1.82, 2.24) is 4.72 Å². The van der Waals surface area contributed by atoms with E-state index in [1.54, 1.807) is 12.1 Å². The lowest BCUT2D eigenvalue weighted by molar-refractivity contribution is -0.159. The van der Waals surface area contributed by atoms with Crippen molar-refractivity contribution in [2.75, 3.05) is 13.2 Å². The Morgan fingerprint density at radius 2 is 2.05 bits per heavy atom. The molecule has 1 aliphatic rings. The lowest BCUT2D eigenvalue weighted by atomic mass is 10.2. The highest BCUT2D eigenvalue weighted by Crippen LogP contribution is 2.11. The van der Waals surface area contributed by atoms with Gasteiger partial charge in [-0.05, 0) is 19.1 Å². The number of cyclic esters (lactones) is 1. The van der Waals surface area contributed by atoms with Gasteiger partial charge in [0.05, 0.1) is 11.5 Å². The molecule has 1 aromatic carbocycles. The van der Waals surface area contributed by atoms with Gasteiger partial charge in [-0.3, -0.25) is 4.79 Å². The lowest BCUT2D eigenvalue weighted by Gasteiger charge is -2.09. The molecule has 2 rings (SSSR count). The molecule has 21 heavy (non-hydrogen) atoms. The monoisotopic (exact) mass is 313 g/mol. The van der Waals surface area contributed by atoms with E-state index in [1.807, 2.05) is 6.92 Å². The number of carbonyl (C=O) groups excluding carboxylic acids is 2. The number of hydrogen-bond donors (Lipinski definition) is 1. The van der Waals surface area contributed by atoms with Crippen LogP contribution >= 0.6 is 0 Å². The summed E-state index contributed by atoms with van der Waals surface area (Å²) in [6, 6.07) is 6.19. The second-order valence-corrected chi connectivity index (χ2v) is 6.34. The Bertz CT molecular complexity index is 637. The van der Waals surface area contributed by atoms with Gasteiger partial charge in [0.25, 0.3) is 0 Å². The van der Waals surface area contributed by atoms with E-state index >= 15 is 0 Å². The van der Waals surface area contributed by atoms with E-state index in [9.17, 15) is 18.0 Å². The minimum Gasteiger partial charge on any atom is -0.463 e. The van der Waals surface area contributed by atoms with Crippen molar-refractivity contribution < 1.29 is 27.5 Å². The predicted octanol–water partition coefficient (Wildman–Crippen LogP) is 0.132. The van der Waals surface area contributed by atoms with Gasteiger partial charge in [-0.25, -0.2) is 13.2 Å². The van der Waals surface area contributed by atoms with Crippen LogP contribution in [0.2, 0.25) is 0 Å². The first-order valence-corrected chi connectivity index (χ1v) is 7.79. The smallest absolute Gasteiger partial charge is 0.347 e. The first kappa shape index (κ1) is 15.5. The van der Waals surface area contributed by atoms with Gasteiger partial charge in [-0.15, -0.1) is 0 Å². The van der Waals surface area contributed by atoms with E-state index in [-0.39, 0.29) is 17.9 Å². The van der Waals surface area contributed by atoms with Crippen molar-refractivity contribution in [3.8, 4) is 0 Å². The number of sulfonamides is 1. The molecule has 1 atom stereocenters. The summed E-state index contributed by atoms with van der Waals surface area (Å²) in [6.45, 7) is 1.49. The number of nitrogens with one attached hydrogen (secondary N) is 1. The van der Waals surface area contributed by atoms with Crippen molar-refractivity contribution in [2.45, 2.75) is 24.3 Å². The summed E-state index contributed by atoms with van der Waals surface area (Å²) in [5, 5.41) is 0. The molecule has 114 valence electrons. The SMILES string of the molecule is Cc1ccc(S(=O)(=O)NCC(=O)OC2CCOC2=O)cc1. The Balaban J connectivity index is 1.90. The Morgan fingerprint density at radius 3 is 2.62 bits per heavy atom. The van der Waals surface area contributed by atoms with Crippen molar-refractivity contribution >= 4 is 22.0 Å². The zero-order valence-corrected chi connectivity index (χ0v) is 12.2. The van der Waals surface area contributed by atoms with Gasteiger partial charge in [0.2, 0.25) is 16.1 Å². The van der Waals surface area contributed by atoms with Crippen LogP contribution in [0.3, 0.4) is 0 Å². The van der Waals surface area contributed by atoms with Crippen LogP contribution in [-0.2, 0) is 29.1 Å². The standard InChI is InChI=1S/C13H15NO6S/c1-9-2-4-10(5-3-9)21(17,18)14-8-12(15)20-11-6-7-19-13(11)16/h2-5,11,14H,6-8H2,1H3. The van der Waals surface area contributed by atoms with E-state index in [2.05, 4.69) is 9.46 Å². The Kier molecular flexibility index (Phi) is 4.59. The van der Waals surface area contributed by atoms with Crippen LogP contribution in [0.15, 0.2) is 29.2 Å². The molecule has 0 aromatic heterocycles. The van der Waals surface area contributed by atoms with E-state index in [4.69, 9.17) is 4.74 Å². The molecule has 1 unspecified atom stereocenters. The van der Waals surface area contributed by atoms with Gasteiger partial charge >= 0.3 is 11.9 Å². The molecule has 0 saturated carbocycles. The largest absolute Gasteiger partial charge is 0.463 e. The van der Waals surface area contributed by atoms with Crippen molar-refractivity contribution in [1.29, 1.82) is 0 Å². The van der Waals surface area contributed by atoms with Crippen LogP contribution in [0.1, 0.15) is 12.0 Å². The van der Waals surface area contributed by atoms with Crippen LogP contribution in [0.25, 0.3) is 0 Å². The third-order valence-corrected chi connectivity index (χ3v) is 4.32. The molecule has 0 radical (unpaired) electrons. The van der Waals surface area contributed by atoms with Gasteiger partial charge in [0.1, 0.15) is 6.54 Å². The summed E-state index contributed by atoms with van der Waals surface area (Å²) in [5.41, 5.74) is 0.924. The summed E-state index contributed by atoms with van der Waals surface area (Å²) < 4.78 is 35.5. The average molecular weight is 313 g/mol. The normalized spacial score (nSPS) is 18.3. The minimum absolute atomic E-state index is 0.0566. The van der Waals surface area contributed by atoms with E-state index in [0.717, 1.165) is 5.56 Å². The summed E-state index contributed by atoms with van der Waals surface area (Å²) in [7, 11) is -3.79. The fourth-order valence-corrected chi connectivity index (χ4v) is 2.71. The number of hydrogen-bond acceptors (Lipinski definition) is 6. The second kappa shape index (κ2) is 6.23. The number of ether oxygens (including phenoxy) is 2. The third kappa shape index (κ3) is 4.02. The lowest BCUT2D eigenvalue weighted by Crippen LogP contribution is -2.33. The molecule has 8 heteroatoms. The zero-order valence-electron chi connectivity index (χ0n) is 11.4. The Labute approximate surface area is 122 Å². The molecule has 1 heterocycles. The Morgan fingerprint density at radius 1 is 1.38 bits per heavy atom. The minimum atomic E-state index is -3.79. The molecule has 0 amide bonds. The van der Waals surface area contributed by atoms with E-state index in [1.165, 1.54) is 12.1 Å². The molecule has 1 fully saturated rings. The summed E-state index contributed by atoms with van der Waals surface area (Å²) in [5.74, 6) is -1.43. The van der Waals surface area contributed by atoms with Crippen LogP contribution in [0.5, 0.6) is 0 Å². The number of aryl methyl sites for hydroxylation is 1. The molecule has 1 saturated heterocycles. The van der Waals surface area contributed by atoms with Gasteiger partial charge in [0, 0.05) is 6.42 Å². The topological polar surface area (TPSA) is 98.8 Å². The van der Waals surface area contributed by atoms with Gasteiger partial charge in [-0.1, -0.05) is 17.7 Å². The quantitative estimate of drug-likeness (QED) is 0.776. The summed E-state index contributed by atoms with van der Waals surface area (Å²) in [4.78, 5) is 22.7. The van der Waals surface area contributed by atoms with Crippen molar-refractivity contribution in [3.63, 3.8) is 0 Å².